The van der Waals surface area contributed by atoms with E-state index >= 15 is 0 Å². The summed E-state index contributed by atoms with van der Waals surface area (Å²) in [5.74, 6) is -1.00. The molecule has 0 unspecified atom stereocenters. The minimum atomic E-state index is -1.25. The zero-order valence-corrected chi connectivity index (χ0v) is 10.9. The largest absolute Gasteiger partial charge is 0.476 e. The Morgan fingerprint density at radius 2 is 2.28 bits per heavy atom. The highest BCUT2D eigenvalue weighted by molar-refractivity contribution is 9.11. The smallest absolute Gasteiger partial charge is 0.357 e. The Morgan fingerprint density at radius 3 is 2.83 bits per heavy atom. The summed E-state index contributed by atoms with van der Waals surface area (Å²) in [7, 11) is 0. The zero-order valence-electron chi connectivity index (χ0n) is 9.31. The van der Waals surface area contributed by atoms with Gasteiger partial charge < -0.3 is 9.63 Å². The molecule has 94 valence electrons. The molecule has 0 saturated carbocycles. The van der Waals surface area contributed by atoms with Crippen LogP contribution < -0.4 is 5.56 Å². The van der Waals surface area contributed by atoms with E-state index in [4.69, 9.17) is 9.63 Å². The SMILES string of the molecule is C=C(Br)Cn1nc(C(=O)O)c2c(C)onc2c1=O. The number of allylic oxidation sites excluding steroid dienone is 1. The summed E-state index contributed by atoms with van der Waals surface area (Å²) in [4.78, 5) is 23.1. The van der Waals surface area contributed by atoms with Crippen LogP contribution in [-0.4, -0.2) is 26.0 Å². The van der Waals surface area contributed by atoms with Crippen molar-refractivity contribution in [2.45, 2.75) is 13.5 Å². The molecule has 2 aromatic heterocycles. The summed E-state index contributed by atoms with van der Waals surface area (Å²) in [5, 5.41) is 16.6. The Morgan fingerprint density at radius 1 is 1.61 bits per heavy atom. The molecule has 1 N–H and O–H groups in total. The van der Waals surface area contributed by atoms with Crippen LogP contribution >= 0.6 is 15.9 Å². The summed E-state index contributed by atoms with van der Waals surface area (Å²) < 4.78 is 6.32. The Hall–Kier alpha value is -1.96. The number of carboxylic acids is 1. The molecule has 2 heterocycles. The van der Waals surface area contributed by atoms with Gasteiger partial charge in [-0.1, -0.05) is 27.7 Å². The lowest BCUT2D eigenvalue weighted by Crippen LogP contribution is -2.26. The Bertz CT molecular complexity index is 716. The number of rotatable bonds is 3. The highest BCUT2D eigenvalue weighted by atomic mass is 79.9. The topological polar surface area (TPSA) is 98.2 Å². The summed E-state index contributed by atoms with van der Waals surface area (Å²) in [6.07, 6.45) is 0. The highest BCUT2D eigenvalue weighted by Gasteiger charge is 2.21. The molecule has 0 radical (unpaired) electrons. The number of halogens is 1. The van der Waals surface area contributed by atoms with E-state index in [0.717, 1.165) is 4.68 Å². The van der Waals surface area contributed by atoms with Gasteiger partial charge in [0.1, 0.15) is 5.76 Å². The third-order valence-corrected chi connectivity index (χ3v) is 2.53. The maximum absolute atomic E-state index is 12.0. The molecule has 0 bridgehead atoms. The molecule has 7 nitrogen and oxygen atoms in total. The Balaban J connectivity index is 2.84. The van der Waals surface area contributed by atoms with E-state index < -0.39 is 11.5 Å². The monoisotopic (exact) mass is 313 g/mol. The first-order valence-corrected chi connectivity index (χ1v) is 5.64. The maximum atomic E-state index is 12.0. The summed E-state index contributed by atoms with van der Waals surface area (Å²) in [6, 6.07) is 0. The fourth-order valence-corrected chi connectivity index (χ4v) is 1.79. The average Bonchev–Trinajstić information content (AvgIpc) is 2.64. The van der Waals surface area contributed by atoms with Gasteiger partial charge in [-0.25, -0.2) is 9.48 Å². The standard InChI is InChI=1S/C10H8BrN3O4/c1-4(11)3-14-9(15)7-6(5(2)18-13-7)8(12-14)10(16)17/h1,3H2,2H3,(H,16,17). The average molecular weight is 314 g/mol. The lowest BCUT2D eigenvalue weighted by atomic mass is 10.2. The van der Waals surface area contributed by atoms with Gasteiger partial charge in [0.15, 0.2) is 11.2 Å². The van der Waals surface area contributed by atoms with Gasteiger partial charge in [0.25, 0.3) is 5.56 Å². The molecule has 8 heteroatoms. The van der Waals surface area contributed by atoms with Crippen molar-refractivity contribution in [2.75, 3.05) is 0 Å². The predicted octanol–water partition coefficient (Wildman–Crippen LogP) is 1.30. The third-order valence-electron chi connectivity index (χ3n) is 2.28. The number of hydrogen-bond donors (Lipinski definition) is 1. The molecule has 0 aliphatic rings. The number of fused-ring (bicyclic) bond motifs is 1. The molecule has 18 heavy (non-hydrogen) atoms. The van der Waals surface area contributed by atoms with Gasteiger partial charge in [0.05, 0.1) is 11.9 Å². The second-order valence-corrected chi connectivity index (χ2v) is 4.72. The molecule has 0 amide bonds. The molecule has 2 rings (SSSR count). The van der Waals surface area contributed by atoms with Crippen LogP contribution in [0.2, 0.25) is 0 Å². The lowest BCUT2D eigenvalue weighted by molar-refractivity contribution is 0.0690. The molecule has 0 fully saturated rings. The van der Waals surface area contributed by atoms with E-state index in [2.05, 4.69) is 32.8 Å². The number of aromatic nitrogens is 3. The Labute approximate surface area is 109 Å². The minimum Gasteiger partial charge on any atom is -0.476 e. The van der Waals surface area contributed by atoms with E-state index in [0.29, 0.717) is 4.48 Å². The van der Waals surface area contributed by atoms with Gasteiger partial charge in [-0.2, -0.15) is 5.10 Å². The van der Waals surface area contributed by atoms with Crippen molar-refractivity contribution in [1.29, 1.82) is 0 Å². The van der Waals surface area contributed by atoms with E-state index in [1.54, 1.807) is 0 Å². The van der Waals surface area contributed by atoms with Gasteiger partial charge in [-0.05, 0) is 6.92 Å². The number of aryl methyl sites for hydroxylation is 1. The summed E-state index contributed by atoms with van der Waals surface area (Å²) >= 11 is 3.09. The van der Waals surface area contributed by atoms with E-state index in [9.17, 15) is 9.59 Å². The number of hydrogen-bond acceptors (Lipinski definition) is 5. The van der Waals surface area contributed by atoms with Gasteiger partial charge in [0.2, 0.25) is 0 Å². The van der Waals surface area contributed by atoms with Crippen molar-refractivity contribution in [1.82, 2.24) is 14.9 Å². The third kappa shape index (κ3) is 1.94. The molecular weight excluding hydrogens is 306 g/mol. The van der Waals surface area contributed by atoms with E-state index in [1.807, 2.05) is 0 Å². The van der Waals surface area contributed by atoms with E-state index in [1.165, 1.54) is 6.92 Å². The summed E-state index contributed by atoms with van der Waals surface area (Å²) in [5.41, 5.74) is -0.835. The number of carboxylic acid groups (broad SMARTS) is 1. The molecule has 0 spiro atoms. The minimum absolute atomic E-state index is 0.0475. The number of aromatic carboxylic acids is 1. The van der Waals surface area contributed by atoms with Crippen LogP contribution in [0.1, 0.15) is 16.2 Å². The van der Waals surface area contributed by atoms with Gasteiger partial charge >= 0.3 is 5.97 Å². The normalized spacial score (nSPS) is 10.8. The van der Waals surface area contributed by atoms with E-state index in [-0.39, 0.29) is 28.9 Å². The van der Waals surface area contributed by atoms with Crippen molar-refractivity contribution in [3.63, 3.8) is 0 Å². The van der Waals surface area contributed by atoms with Crippen LogP contribution in [0, 0.1) is 6.92 Å². The molecule has 0 aromatic carbocycles. The first-order chi connectivity index (χ1) is 8.41. The van der Waals surface area contributed by atoms with Gasteiger partial charge in [0, 0.05) is 4.48 Å². The van der Waals surface area contributed by atoms with Crippen molar-refractivity contribution in [2.24, 2.45) is 0 Å². The van der Waals surface area contributed by atoms with Crippen molar-refractivity contribution in [3.05, 3.63) is 32.9 Å². The highest BCUT2D eigenvalue weighted by Crippen LogP contribution is 2.18. The zero-order chi connectivity index (χ0) is 13.4. The van der Waals surface area contributed by atoms with Crippen LogP contribution in [0.5, 0.6) is 0 Å². The van der Waals surface area contributed by atoms with Crippen LogP contribution in [0.25, 0.3) is 10.9 Å². The Kier molecular flexibility index (Phi) is 3.04. The molecular formula is C10H8BrN3O4. The van der Waals surface area contributed by atoms with Crippen LogP contribution in [0.4, 0.5) is 0 Å². The molecule has 0 aliphatic heterocycles. The molecule has 0 aliphatic carbocycles. The van der Waals surface area contributed by atoms with Crippen LogP contribution in [0.15, 0.2) is 20.4 Å². The van der Waals surface area contributed by atoms with Gasteiger partial charge in [-0.3, -0.25) is 4.79 Å². The quantitative estimate of drug-likeness (QED) is 0.917. The van der Waals surface area contributed by atoms with Crippen LogP contribution in [-0.2, 0) is 6.54 Å². The molecule has 2 aromatic rings. The second-order valence-electron chi connectivity index (χ2n) is 3.60. The van der Waals surface area contributed by atoms with Crippen LogP contribution in [0.3, 0.4) is 0 Å². The molecule has 0 atom stereocenters. The van der Waals surface area contributed by atoms with Crippen molar-refractivity contribution >= 4 is 32.8 Å². The fraction of sp³-hybridized carbons (Fsp3) is 0.200. The number of carbonyl (C=O) groups is 1. The van der Waals surface area contributed by atoms with Crippen molar-refractivity contribution in [3.8, 4) is 0 Å². The fourth-order valence-electron chi connectivity index (χ4n) is 1.55. The lowest BCUT2D eigenvalue weighted by Gasteiger charge is -2.04. The van der Waals surface area contributed by atoms with Crippen molar-refractivity contribution < 1.29 is 14.4 Å². The first kappa shape index (κ1) is 12.5. The first-order valence-electron chi connectivity index (χ1n) is 4.85. The molecule has 0 saturated heterocycles. The summed E-state index contributed by atoms with van der Waals surface area (Å²) in [6.45, 7) is 5.16. The second kappa shape index (κ2) is 4.37. The van der Waals surface area contributed by atoms with Gasteiger partial charge in [-0.15, -0.1) is 0 Å². The predicted molar refractivity (Wildman–Crippen MR) is 65.8 cm³/mol. The number of nitrogens with zero attached hydrogens (tertiary/aromatic N) is 3. The maximum Gasteiger partial charge on any atom is 0.357 e.